The predicted octanol–water partition coefficient (Wildman–Crippen LogP) is 2.97. The largest absolute Gasteiger partial charge is 0.464 e. The van der Waals surface area contributed by atoms with E-state index >= 15 is 0 Å². The normalized spacial score (nSPS) is 19.2. The summed E-state index contributed by atoms with van der Waals surface area (Å²) in [6.45, 7) is 0.132. The van der Waals surface area contributed by atoms with Crippen molar-refractivity contribution in [3.05, 3.63) is 51.7 Å². The molecule has 2 N–H and O–H groups in total. The summed E-state index contributed by atoms with van der Waals surface area (Å²) >= 11 is 5.99. The number of fused-ring (bicyclic) bond motifs is 1. The van der Waals surface area contributed by atoms with Crippen LogP contribution in [0.15, 0.2) is 28.9 Å². The Labute approximate surface area is 170 Å². The number of imidazole rings is 1. The first kappa shape index (κ1) is 20.1. The van der Waals surface area contributed by atoms with Gasteiger partial charge in [0, 0.05) is 12.0 Å². The van der Waals surface area contributed by atoms with Crippen molar-refractivity contribution in [2.45, 2.75) is 18.6 Å². The van der Waals surface area contributed by atoms with Gasteiger partial charge in [0.05, 0.1) is 12.2 Å². The Hall–Kier alpha value is -3.21. The number of nitrogens with one attached hydrogen (secondary N) is 2. The van der Waals surface area contributed by atoms with Crippen molar-refractivity contribution in [2.24, 2.45) is 0 Å². The van der Waals surface area contributed by atoms with Crippen LogP contribution in [0.1, 0.15) is 33.0 Å². The van der Waals surface area contributed by atoms with Crippen LogP contribution in [0, 0.1) is 5.82 Å². The molecule has 1 saturated heterocycles. The van der Waals surface area contributed by atoms with Crippen molar-refractivity contribution in [2.75, 3.05) is 6.61 Å². The summed E-state index contributed by atoms with van der Waals surface area (Å²) in [5, 5.41) is 2.07. The molecule has 0 unspecified atom stereocenters. The monoisotopic (exact) mass is 443 g/mol. The van der Waals surface area contributed by atoms with E-state index in [0.29, 0.717) is 12.1 Å². The fourth-order valence-electron chi connectivity index (χ4n) is 3.10. The zero-order valence-corrected chi connectivity index (χ0v) is 15.4. The van der Waals surface area contributed by atoms with Crippen molar-refractivity contribution in [3.63, 3.8) is 0 Å². The number of H-pyrrole nitrogens is 1. The number of alkyl halides is 3. The average molecular weight is 444 g/mol. The minimum absolute atomic E-state index is 0.132. The third-order valence-corrected chi connectivity index (χ3v) is 4.95. The Bertz CT molecular complexity index is 1140. The molecule has 2 aromatic rings. The smallest absolute Gasteiger partial charge is 0.419 e. The first-order valence-corrected chi connectivity index (χ1v) is 8.85. The van der Waals surface area contributed by atoms with E-state index in [-0.39, 0.29) is 41.5 Å². The standard InChI is InChI=1S/C18H10ClF4N3O4/c19-10-11(24-9-3-4-30-17(9)29)15(28)13-12(14(10)27)25-16(26-13)6-1-2-8(20)7(5-6)18(21,22)23/h1-2,5,9,24H,3-4H2,(H,25,26)/t9-/m0/s1. The highest BCUT2D eigenvalue weighted by Crippen LogP contribution is 2.35. The number of carbonyl (C=O) groups excluding carboxylic acids is 3. The van der Waals surface area contributed by atoms with Gasteiger partial charge in [-0.25, -0.2) is 14.2 Å². The highest BCUT2D eigenvalue weighted by molar-refractivity contribution is 6.49. The number of cyclic esters (lactones) is 1. The molecular weight excluding hydrogens is 434 g/mol. The van der Waals surface area contributed by atoms with Gasteiger partial charge in [-0.05, 0) is 18.2 Å². The van der Waals surface area contributed by atoms with Crippen LogP contribution < -0.4 is 5.32 Å². The summed E-state index contributed by atoms with van der Waals surface area (Å²) < 4.78 is 57.2. The molecule has 0 radical (unpaired) electrons. The molecule has 2 aliphatic rings. The molecule has 0 spiro atoms. The number of ketones is 2. The third kappa shape index (κ3) is 3.24. The van der Waals surface area contributed by atoms with Crippen LogP contribution in [-0.2, 0) is 15.7 Å². The second-order valence-corrected chi connectivity index (χ2v) is 6.88. The lowest BCUT2D eigenvalue weighted by molar-refractivity contribution is -0.140. The molecule has 30 heavy (non-hydrogen) atoms. The van der Waals surface area contributed by atoms with E-state index in [1.54, 1.807) is 0 Å². The maximum atomic E-state index is 13.5. The van der Waals surface area contributed by atoms with E-state index in [0.717, 1.165) is 6.07 Å². The van der Waals surface area contributed by atoms with Gasteiger partial charge >= 0.3 is 12.1 Å². The molecule has 7 nitrogen and oxygen atoms in total. The van der Waals surface area contributed by atoms with Crippen molar-refractivity contribution in [3.8, 4) is 11.4 Å². The fourth-order valence-corrected chi connectivity index (χ4v) is 3.33. The summed E-state index contributed by atoms with van der Waals surface area (Å²) in [6.07, 6.45) is -4.70. The van der Waals surface area contributed by atoms with Crippen LogP contribution >= 0.6 is 11.6 Å². The number of aromatic nitrogens is 2. The van der Waals surface area contributed by atoms with Crippen molar-refractivity contribution >= 4 is 29.1 Å². The Morgan fingerprint density at radius 1 is 1.20 bits per heavy atom. The second kappa shape index (κ2) is 6.94. The summed E-state index contributed by atoms with van der Waals surface area (Å²) in [6, 6.07) is 1.26. The number of allylic oxidation sites excluding steroid dienone is 2. The summed E-state index contributed by atoms with van der Waals surface area (Å²) in [5.74, 6) is -4.01. The minimum atomic E-state index is -4.95. The van der Waals surface area contributed by atoms with Gasteiger partial charge in [-0.1, -0.05) is 11.6 Å². The van der Waals surface area contributed by atoms with Crippen molar-refractivity contribution in [1.82, 2.24) is 15.3 Å². The molecule has 12 heteroatoms. The Morgan fingerprint density at radius 3 is 2.57 bits per heavy atom. The molecule has 156 valence electrons. The summed E-state index contributed by atoms with van der Waals surface area (Å²) in [4.78, 5) is 43.3. The molecule has 1 aliphatic heterocycles. The summed E-state index contributed by atoms with van der Waals surface area (Å²) in [5.41, 5.74) is -2.77. The number of hydrogen-bond donors (Lipinski definition) is 2. The molecule has 0 amide bonds. The lowest BCUT2D eigenvalue weighted by atomic mass is 10.0. The second-order valence-electron chi connectivity index (χ2n) is 6.50. The van der Waals surface area contributed by atoms with Crippen LogP contribution in [0.3, 0.4) is 0 Å². The Morgan fingerprint density at radius 2 is 1.93 bits per heavy atom. The Balaban J connectivity index is 1.72. The van der Waals surface area contributed by atoms with E-state index in [9.17, 15) is 31.9 Å². The number of benzene rings is 1. The SMILES string of the molecule is O=C1C(N[C@H]2CCOC2=O)=C(Cl)C(=O)c2[nH]c(-c3ccc(F)c(C(F)(F)F)c3)nc21. The molecular formula is C18H10ClF4N3O4. The zero-order valence-electron chi connectivity index (χ0n) is 14.7. The number of esters is 1. The molecule has 1 fully saturated rings. The number of Topliss-reactive ketones (excluding diaryl/α,β-unsaturated/α-hetero) is 2. The number of nitrogens with zero attached hydrogens (tertiary/aromatic N) is 1. The van der Waals surface area contributed by atoms with Gasteiger partial charge in [0.25, 0.3) is 0 Å². The van der Waals surface area contributed by atoms with Crippen LogP contribution in [0.4, 0.5) is 17.6 Å². The van der Waals surface area contributed by atoms with Gasteiger partial charge in [0.15, 0.2) is 0 Å². The van der Waals surface area contributed by atoms with Crippen LogP contribution in [-0.4, -0.2) is 40.2 Å². The van der Waals surface area contributed by atoms with E-state index in [4.69, 9.17) is 16.3 Å². The number of aromatic amines is 1. The van der Waals surface area contributed by atoms with Gasteiger partial charge in [-0.2, -0.15) is 13.2 Å². The highest BCUT2D eigenvalue weighted by atomic mass is 35.5. The third-order valence-electron chi connectivity index (χ3n) is 4.59. The Kier molecular flexibility index (Phi) is 4.64. The molecule has 4 rings (SSSR count). The van der Waals surface area contributed by atoms with Crippen LogP contribution in [0.25, 0.3) is 11.4 Å². The minimum Gasteiger partial charge on any atom is -0.464 e. The molecule has 1 aromatic heterocycles. The molecule has 1 aliphatic carbocycles. The molecule has 0 saturated carbocycles. The van der Waals surface area contributed by atoms with E-state index in [1.807, 2.05) is 0 Å². The molecule has 0 bridgehead atoms. The predicted molar refractivity (Wildman–Crippen MR) is 93.0 cm³/mol. The van der Waals surface area contributed by atoms with Crippen LogP contribution in [0.2, 0.25) is 0 Å². The maximum absolute atomic E-state index is 13.5. The van der Waals surface area contributed by atoms with Gasteiger partial charge in [0.1, 0.15) is 39.8 Å². The molecule has 1 aromatic carbocycles. The van der Waals surface area contributed by atoms with Gasteiger partial charge in [0.2, 0.25) is 11.6 Å². The quantitative estimate of drug-likeness (QED) is 0.559. The lowest BCUT2D eigenvalue weighted by Crippen LogP contribution is -2.38. The summed E-state index contributed by atoms with van der Waals surface area (Å²) in [7, 11) is 0. The van der Waals surface area contributed by atoms with Crippen molar-refractivity contribution < 1.29 is 36.7 Å². The van der Waals surface area contributed by atoms with Gasteiger partial charge < -0.3 is 15.0 Å². The topological polar surface area (TPSA) is 101 Å². The van der Waals surface area contributed by atoms with E-state index < -0.39 is 46.2 Å². The lowest BCUT2D eigenvalue weighted by Gasteiger charge is -2.17. The first-order valence-electron chi connectivity index (χ1n) is 8.47. The number of rotatable bonds is 3. The average Bonchev–Trinajstić information content (AvgIpc) is 3.30. The van der Waals surface area contributed by atoms with Gasteiger partial charge in [-0.15, -0.1) is 0 Å². The van der Waals surface area contributed by atoms with Gasteiger partial charge in [-0.3, -0.25) is 9.59 Å². The van der Waals surface area contributed by atoms with E-state index in [2.05, 4.69) is 15.3 Å². The molecule has 2 heterocycles. The highest BCUT2D eigenvalue weighted by Gasteiger charge is 2.39. The number of halogens is 5. The maximum Gasteiger partial charge on any atom is 0.419 e. The first-order chi connectivity index (χ1) is 14.1. The fraction of sp³-hybridized carbons (Fsp3) is 0.222. The number of ether oxygens (including phenoxy) is 1. The van der Waals surface area contributed by atoms with E-state index in [1.165, 1.54) is 0 Å². The number of carbonyl (C=O) groups is 3. The molecule has 1 atom stereocenters. The van der Waals surface area contributed by atoms with Crippen LogP contribution in [0.5, 0.6) is 0 Å². The zero-order chi connectivity index (χ0) is 21.8. The van der Waals surface area contributed by atoms with Crippen molar-refractivity contribution in [1.29, 1.82) is 0 Å². The number of hydrogen-bond acceptors (Lipinski definition) is 6.